The first-order chi connectivity index (χ1) is 15.9. The summed E-state index contributed by atoms with van der Waals surface area (Å²) in [6, 6.07) is 7.83. The normalized spacial score (nSPS) is 13.4. The molecular formula is C25H29ClFN5O2. The van der Waals surface area contributed by atoms with E-state index in [1.54, 1.807) is 24.4 Å². The molecule has 9 heteroatoms. The van der Waals surface area contributed by atoms with Crippen molar-refractivity contribution < 1.29 is 14.0 Å². The van der Waals surface area contributed by atoms with Gasteiger partial charge in [0.25, 0.3) is 0 Å². The van der Waals surface area contributed by atoms with Gasteiger partial charge in [0.1, 0.15) is 11.6 Å². The highest BCUT2D eigenvalue weighted by Gasteiger charge is 2.16. The van der Waals surface area contributed by atoms with Crippen LogP contribution in [-0.2, 0) is 4.79 Å². The summed E-state index contributed by atoms with van der Waals surface area (Å²) in [5.74, 6) is 0.404. The Kier molecular flexibility index (Phi) is 8.39. The number of nitrogens with one attached hydrogen (secondary N) is 3. The number of halogens is 2. The molecule has 0 aliphatic heterocycles. The van der Waals surface area contributed by atoms with Crippen LogP contribution in [-0.4, -0.2) is 28.5 Å². The highest BCUT2D eigenvalue weighted by Crippen LogP contribution is 2.30. The minimum absolute atomic E-state index is 0. The first-order valence-corrected chi connectivity index (χ1v) is 11.3. The number of nitrogens with zero attached hydrogens (tertiary/aromatic N) is 2. The molecule has 3 N–H and O–H groups in total. The number of urea groups is 1. The van der Waals surface area contributed by atoms with Crippen LogP contribution in [0.1, 0.15) is 44.7 Å². The first kappa shape index (κ1) is 25.4. The summed E-state index contributed by atoms with van der Waals surface area (Å²) >= 11 is 0. The smallest absolute Gasteiger partial charge is 0.319 e. The van der Waals surface area contributed by atoms with Crippen molar-refractivity contribution in [2.45, 2.75) is 46.0 Å². The molecule has 0 bridgehead atoms. The highest BCUT2D eigenvalue weighted by molar-refractivity contribution is 5.93. The van der Waals surface area contributed by atoms with Crippen LogP contribution in [0, 0.1) is 18.7 Å². The predicted molar refractivity (Wildman–Crippen MR) is 135 cm³/mol. The van der Waals surface area contributed by atoms with E-state index in [1.165, 1.54) is 38.7 Å². The number of pyridine rings is 2. The molecule has 0 spiro atoms. The molecule has 2 heterocycles. The van der Waals surface area contributed by atoms with Crippen LogP contribution in [0.25, 0.3) is 22.0 Å². The van der Waals surface area contributed by atoms with E-state index in [1.807, 2.05) is 13.0 Å². The molecule has 0 radical (unpaired) electrons. The second-order valence-electron chi connectivity index (χ2n) is 8.58. The summed E-state index contributed by atoms with van der Waals surface area (Å²) in [5.41, 5.74) is 3.08. The minimum atomic E-state index is -0.502. The van der Waals surface area contributed by atoms with Crippen molar-refractivity contribution in [1.29, 1.82) is 0 Å². The van der Waals surface area contributed by atoms with Crippen molar-refractivity contribution in [3.63, 3.8) is 0 Å². The van der Waals surface area contributed by atoms with Crippen molar-refractivity contribution in [1.82, 2.24) is 15.3 Å². The molecule has 3 aromatic rings. The van der Waals surface area contributed by atoms with Gasteiger partial charge < -0.3 is 16.0 Å². The van der Waals surface area contributed by atoms with E-state index in [-0.39, 0.29) is 24.0 Å². The number of carbonyl (C=O) groups is 2. The van der Waals surface area contributed by atoms with Crippen molar-refractivity contribution in [2.24, 2.45) is 5.92 Å². The minimum Gasteiger partial charge on any atom is -0.338 e. The maximum Gasteiger partial charge on any atom is 0.319 e. The molecule has 4 rings (SSSR count). The van der Waals surface area contributed by atoms with Gasteiger partial charge in [0.05, 0.1) is 11.2 Å². The zero-order valence-electron chi connectivity index (χ0n) is 19.3. The van der Waals surface area contributed by atoms with E-state index in [2.05, 4.69) is 25.9 Å². The van der Waals surface area contributed by atoms with Gasteiger partial charge in [-0.1, -0.05) is 31.7 Å². The lowest BCUT2D eigenvalue weighted by atomic mass is 10.0. The molecule has 0 saturated heterocycles. The average molecular weight is 486 g/mol. The van der Waals surface area contributed by atoms with Crippen LogP contribution in [0.5, 0.6) is 0 Å². The van der Waals surface area contributed by atoms with Crippen molar-refractivity contribution >= 4 is 46.8 Å². The monoisotopic (exact) mass is 485 g/mol. The number of benzene rings is 1. The molecule has 7 nitrogen and oxygen atoms in total. The van der Waals surface area contributed by atoms with Crippen LogP contribution in [0.15, 0.2) is 36.5 Å². The standard InChI is InChI=1S/C25H28FN5O2.ClH/c1-15-20(11-19-14-28-24(30-16(2)32)13-22(19)29-15)18-7-8-21(26)23(12-18)31-25(33)27-10-9-17-5-3-4-6-17;/h7-8,11-14,17H,3-6,9-10H2,1-2H3,(H2,27,31,33)(H,28,30,32);1H. The maximum atomic E-state index is 14.4. The molecule has 0 unspecified atom stereocenters. The summed E-state index contributed by atoms with van der Waals surface area (Å²) in [7, 11) is 0. The molecule has 3 amide bonds. The van der Waals surface area contributed by atoms with Gasteiger partial charge in [-0.15, -0.1) is 12.4 Å². The van der Waals surface area contributed by atoms with Gasteiger partial charge in [0, 0.05) is 42.4 Å². The Labute approximate surface area is 204 Å². The number of fused-ring (bicyclic) bond motifs is 1. The number of anilines is 2. The Bertz CT molecular complexity index is 1200. The number of rotatable bonds is 6. The molecule has 1 aliphatic rings. The van der Waals surface area contributed by atoms with Gasteiger partial charge in [-0.05, 0) is 43.0 Å². The number of carbonyl (C=O) groups excluding carboxylic acids is 2. The molecule has 1 aromatic carbocycles. The Balaban J connectivity index is 0.00000324. The van der Waals surface area contributed by atoms with Gasteiger partial charge >= 0.3 is 6.03 Å². The van der Waals surface area contributed by atoms with Gasteiger partial charge in [0.15, 0.2) is 0 Å². The fraction of sp³-hybridized carbons (Fsp3) is 0.360. The van der Waals surface area contributed by atoms with E-state index >= 15 is 0 Å². The summed E-state index contributed by atoms with van der Waals surface area (Å²) in [4.78, 5) is 32.4. The molecular weight excluding hydrogens is 457 g/mol. The fourth-order valence-corrected chi connectivity index (χ4v) is 4.35. The van der Waals surface area contributed by atoms with E-state index in [0.29, 0.717) is 23.8 Å². The van der Waals surface area contributed by atoms with E-state index in [0.717, 1.165) is 28.6 Å². The molecule has 1 fully saturated rings. The summed E-state index contributed by atoms with van der Waals surface area (Å²) in [6.07, 6.45) is 7.58. The van der Waals surface area contributed by atoms with Gasteiger partial charge in [-0.3, -0.25) is 9.78 Å². The Hall–Kier alpha value is -3.26. The Morgan fingerprint density at radius 1 is 1.12 bits per heavy atom. The third-order valence-electron chi connectivity index (χ3n) is 6.03. The van der Waals surface area contributed by atoms with Gasteiger partial charge in [-0.25, -0.2) is 14.2 Å². The number of aromatic nitrogens is 2. The molecule has 34 heavy (non-hydrogen) atoms. The zero-order chi connectivity index (χ0) is 23.4. The van der Waals surface area contributed by atoms with Crippen molar-refractivity contribution in [2.75, 3.05) is 17.2 Å². The van der Waals surface area contributed by atoms with Crippen LogP contribution in [0.2, 0.25) is 0 Å². The molecule has 2 aromatic heterocycles. The second-order valence-corrected chi connectivity index (χ2v) is 8.58. The summed E-state index contributed by atoms with van der Waals surface area (Å²) < 4.78 is 14.4. The number of hydrogen-bond donors (Lipinski definition) is 3. The van der Waals surface area contributed by atoms with Crippen LogP contribution < -0.4 is 16.0 Å². The zero-order valence-corrected chi connectivity index (χ0v) is 20.1. The van der Waals surface area contributed by atoms with Crippen LogP contribution >= 0.6 is 12.4 Å². The van der Waals surface area contributed by atoms with Crippen LogP contribution in [0.3, 0.4) is 0 Å². The Morgan fingerprint density at radius 2 is 1.88 bits per heavy atom. The quantitative estimate of drug-likeness (QED) is 0.409. The van der Waals surface area contributed by atoms with E-state index < -0.39 is 11.8 Å². The first-order valence-electron chi connectivity index (χ1n) is 11.3. The predicted octanol–water partition coefficient (Wildman–Crippen LogP) is 5.83. The van der Waals surface area contributed by atoms with Crippen molar-refractivity contribution in [3.05, 3.63) is 48.0 Å². The lowest BCUT2D eigenvalue weighted by Crippen LogP contribution is -2.30. The van der Waals surface area contributed by atoms with Gasteiger partial charge in [0.2, 0.25) is 5.91 Å². The largest absolute Gasteiger partial charge is 0.338 e. The van der Waals surface area contributed by atoms with Gasteiger partial charge in [-0.2, -0.15) is 0 Å². The summed E-state index contributed by atoms with van der Waals surface area (Å²) in [5, 5.41) is 8.89. The van der Waals surface area contributed by atoms with E-state index in [4.69, 9.17) is 0 Å². The highest BCUT2D eigenvalue weighted by atomic mass is 35.5. The lowest BCUT2D eigenvalue weighted by Gasteiger charge is -2.13. The lowest BCUT2D eigenvalue weighted by molar-refractivity contribution is -0.114. The maximum absolute atomic E-state index is 14.4. The summed E-state index contributed by atoms with van der Waals surface area (Å²) in [6.45, 7) is 3.86. The van der Waals surface area contributed by atoms with Crippen molar-refractivity contribution in [3.8, 4) is 11.1 Å². The van der Waals surface area contributed by atoms with Crippen LogP contribution in [0.4, 0.5) is 20.7 Å². The second kappa shape index (κ2) is 11.2. The third-order valence-corrected chi connectivity index (χ3v) is 6.03. The number of aryl methyl sites for hydroxylation is 1. The SMILES string of the molecule is CC(=O)Nc1cc2nc(C)c(-c3ccc(F)c(NC(=O)NCCC4CCCC4)c3)cc2cn1.Cl. The van der Waals surface area contributed by atoms with E-state index in [9.17, 15) is 14.0 Å². The molecule has 0 atom stereocenters. The molecule has 1 aliphatic carbocycles. The fourth-order valence-electron chi connectivity index (χ4n) is 4.35. The molecule has 180 valence electrons. The molecule has 1 saturated carbocycles. The number of amides is 3. The number of hydrogen-bond acceptors (Lipinski definition) is 4. The third kappa shape index (κ3) is 6.20. The topological polar surface area (TPSA) is 96.0 Å². The Morgan fingerprint density at radius 3 is 2.62 bits per heavy atom. The average Bonchev–Trinajstić information content (AvgIpc) is 3.28.